The molecule has 0 spiro atoms. The number of anilines is 1. The predicted octanol–water partition coefficient (Wildman–Crippen LogP) is 4.43. The zero-order chi connectivity index (χ0) is 22.0. The van der Waals surface area contributed by atoms with Crippen LogP contribution in [0.3, 0.4) is 0 Å². The lowest BCUT2D eigenvalue weighted by Gasteiger charge is -2.35. The lowest BCUT2D eigenvalue weighted by molar-refractivity contribution is -0.137. The summed E-state index contributed by atoms with van der Waals surface area (Å²) in [6.45, 7) is 2.27. The van der Waals surface area contributed by atoms with Crippen molar-refractivity contribution in [2.24, 2.45) is 0 Å². The topological polar surface area (TPSA) is 45.7 Å². The van der Waals surface area contributed by atoms with Crippen molar-refractivity contribution in [3.05, 3.63) is 70.4 Å². The Balaban J connectivity index is 1.33. The molecule has 2 aromatic rings. The highest BCUT2D eigenvalue weighted by atomic mass is 35.5. The minimum Gasteiger partial charge on any atom is -0.488 e. The molecule has 162 valence electrons. The quantitative estimate of drug-likeness (QED) is 0.650. The molecular formula is C22H19ClF3N3O2. The molecular weight excluding hydrogens is 431 g/mol. The Hall–Kier alpha value is -3.00. The molecule has 2 aliphatic heterocycles. The van der Waals surface area contributed by atoms with Gasteiger partial charge in [-0.3, -0.25) is 4.79 Å². The Kier molecular flexibility index (Phi) is 5.91. The van der Waals surface area contributed by atoms with Gasteiger partial charge in [-0.25, -0.2) is 4.98 Å². The van der Waals surface area contributed by atoms with Crippen molar-refractivity contribution < 1.29 is 22.7 Å². The molecule has 1 aromatic heterocycles. The third kappa shape index (κ3) is 5.02. The van der Waals surface area contributed by atoms with Crippen LogP contribution in [-0.2, 0) is 11.0 Å². The van der Waals surface area contributed by atoms with Gasteiger partial charge in [-0.1, -0.05) is 17.7 Å². The molecule has 0 radical (unpaired) electrons. The molecule has 0 aliphatic carbocycles. The average molecular weight is 450 g/mol. The van der Waals surface area contributed by atoms with Gasteiger partial charge >= 0.3 is 6.18 Å². The Bertz CT molecular complexity index is 1030. The van der Waals surface area contributed by atoms with E-state index in [2.05, 4.69) is 4.98 Å². The first kappa shape index (κ1) is 21.2. The highest BCUT2D eigenvalue weighted by Gasteiger charge is 2.31. The van der Waals surface area contributed by atoms with Crippen LogP contribution < -0.4 is 9.64 Å². The molecule has 0 unspecified atom stereocenters. The Morgan fingerprint density at radius 2 is 1.90 bits per heavy atom. The smallest absolute Gasteiger partial charge is 0.417 e. The molecule has 0 atom stereocenters. The fraction of sp³-hybridized carbons (Fsp3) is 0.273. The Morgan fingerprint density at radius 1 is 1.13 bits per heavy atom. The standard InChI is InChI=1S/C22H19ClF3N3O2/c23-18-3-4-19-16(12-18)11-15(14-31-19)1-6-21(30)29-9-7-28(8-10-29)20-5-2-17(13-27-20)22(24,25)26/h1-6,11-13H,7-10,14H2/b6-1+. The number of carbonyl (C=O) groups excluding carboxylic acids is 1. The number of aromatic nitrogens is 1. The summed E-state index contributed by atoms with van der Waals surface area (Å²) in [6, 6.07) is 7.76. The van der Waals surface area contributed by atoms with E-state index in [1.807, 2.05) is 17.0 Å². The summed E-state index contributed by atoms with van der Waals surface area (Å²) in [6.07, 6.45) is 1.60. The number of piperazine rings is 1. The minimum absolute atomic E-state index is 0.127. The monoisotopic (exact) mass is 449 g/mol. The molecule has 5 nitrogen and oxygen atoms in total. The van der Waals surface area contributed by atoms with Crippen molar-refractivity contribution in [2.75, 3.05) is 37.7 Å². The van der Waals surface area contributed by atoms with Gasteiger partial charge in [0.2, 0.25) is 5.91 Å². The maximum Gasteiger partial charge on any atom is 0.417 e. The third-order valence-corrected chi connectivity index (χ3v) is 5.37. The van der Waals surface area contributed by atoms with Crippen LogP contribution in [0.1, 0.15) is 11.1 Å². The summed E-state index contributed by atoms with van der Waals surface area (Å²) >= 11 is 6.02. The second kappa shape index (κ2) is 8.63. The lowest BCUT2D eigenvalue weighted by Crippen LogP contribution is -2.48. The van der Waals surface area contributed by atoms with E-state index < -0.39 is 11.7 Å². The highest BCUT2D eigenvalue weighted by molar-refractivity contribution is 6.30. The van der Waals surface area contributed by atoms with Crippen LogP contribution in [0.5, 0.6) is 5.75 Å². The molecule has 4 rings (SSSR count). The number of hydrogen-bond donors (Lipinski definition) is 0. The van der Waals surface area contributed by atoms with Crippen molar-refractivity contribution in [1.82, 2.24) is 9.88 Å². The van der Waals surface area contributed by atoms with E-state index in [0.29, 0.717) is 43.6 Å². The van der Waals surface area contributed by atoms with E-state index in [4.69, 9.17) is 16.3 Å². The molecule has 0 bridgehead atoms. The van der Waals surface area contributed by atoms with E-state index in [-0.39, 0.29) is 5.91 Å². The number of fused-ring (bicyclic) bond motifs is 1. The highest BCUT2D eigenvalue weighted by Crippen LogP contribution is 2.30. The van der Waals surface area contributed by atoms with Gasteiger partial charge in [0.05, 0.1) is 5.56 Å². The SMILES string of the molecule is O=C(/C=C/C1=Cc2cc(Cl)ccc2OC1)N1CCN(c2ccc(C(F)(F)F)cn2)CC1. The number of carbonyl (C=O) groups is 1. The fourth-order valence-electron chi connectivity index (χ4n) is 3.44. The van der Waals surface area contributed by atoms with Gasteiger partial charge in [0.15, 0.2) is 0 Å². The summed E-state index contributed by atoms with van der Waals surface area (Å²) < 4.78 is 43.7. The summed E-state index contributed by atoms with van der Waals surface area (Å²) in [4.78, 5) is 20.0. The van der Waals surface area contributed by atoms with E-state index in [1.165, 1.54) is 12.1 Å². The normalized spacial score (nSPS) is 16.7. The molecule has 1 amide bonds. The summed E-state index contributed by atoms with van der Waals surface area (Å²) in [5.41, 5.74) is 0.945. The summed E-state index contributed by atoms with van der Waals surface area (Å²) in [5, 5.41) is 0.611. The number of ether oxygens (including phenoxy) is 1. The molecule has 1 fully saturated rings. The van der Waals surface area contributed by atoms with Crippen LogP contribution in [0.2, 0.25) is 5.02 Å². The van der Waals surface area contributed by atoms with Crippen molar-refractivity contribution in [1.29, 1.82) is 0 Å². The van der Waals surface area contributed by atoms with Gasteiger partial charge in [0, 0.05) is 49.0 Å². The largest absolute Gasteiger partial charge is 0.488 e. The molecule has 2 aliphatic rings. The van der Waals surface area contributed by atoms with E-state index in [0.717, 1.165) is 29.1 Å². The maximum atomic E-state index is 12.7. The first-order chi connectivity index (χ1) is 14.8. The molecule has 0 N–H and O–H groups in total. The number of rotatable bonds is 3. The second-order valence-electron chi connectivity index (χ2n) is 7.24. The van der Waals surface area contributed by atoms with Gasteiger partial charge in [0.25, 0.3) is 0 Å². The van der Waals surface area contributed by atoms with Crippen LogP contribution in [-0.4, -0.2) is 48.6 Å². The minimum atomic E-state index is -4.41. The Morgan fingerprint density at radius 3 is 2.58 bits per heavy atom. The van der Waals surface area contributed by atoms with Crippen molar-refractivity contribution in [3.63, 3.8) is 0 Å². The van der Waals surface area contributed by atoms with Gasteiger partial charge in [-0.2, -0.15) is 13.2 Å². The molecule has 9 heteroatoms. The Labute approximate surface area is 182 Å². The fourth-order valence-corrected chi connectivity index (χ4v) is 3.62. The molecule has 1 saturated heterocycles. The molecule has 3 heterocycles. The molecule has 31 heavy (non-hydrogen) atoms. The third-order valence-electron chi connectivity index (χ3n) is 5.14. The first-order valence-corrected chi connectivity index (χ1v) is 10.1. The maximum absolute atomic E-state index is 12.7. The number of nitrogens with zero attached hydrogens (tertiary/aromatic N) is 3. The van der Waals surface area contributed by atoms with Gasteiger partial charge < -0.3 is 14.5 Å². The van der Waals surface area contributed by atoms with E-state index >= 15 is 0 Å². The second-order valence-corrected chi connectivity index (χ2v) is 7.68. The van der Waals surface area contributed by atoms with E-state index in [1.54, 1.807) is 23.1 Å². The van der Waals surface area contributed by atoms with Gasteiger partial charge in [0.1, 0.15) is 18.2 Å². The predicted molar refractivity (Wildman–Crippen MR) is 112 cm³/mol. The summed E-state index contributed by atoms with van der Waals surface area (Å²) in [5.74, 6) is 1.09. The van der Waals surface area contributed by atoms with Crippen molar-refractivity contribution in [3.8, 4) is 5.75 Å². The van der Waals surface area contributed by atoms with Crippen LogP contribution >= 0.6 is 11.6 Å². The van der Waals surface area contributed by atoms with Gasteiger partial charge in [-0.15, -0.1) is 0 Å². The van der Waals surface area contributed by atoms with E-state index in [9.17, 15) is 18.0 Å². The zero-order valence-corrected chi connectivity index (χ0v) is 17.2. The first-order valence-electron chi connectivity index (χ1n) is 9.68. The number of amides is 1. The van der Waals surface area contributed by atoms with Crippen LogP contribution in [0, 0.1) is 0 Å². The average Bonchev–Trinajstić information content (AvgIpc) is 2.77. The van der Waals surface area contributed by atoms with Gasteiger partial charge in [-0.05, 0) is 42.0 Å². The van der Waals surface area contributed by atoms with Crippen LogP contribution in [0.25, 0.3) is 6.08 Å². The summed E-state index contributed by atoms with van der Waals surface area (Å²) in [7, 11) is 0. The number of benzene rings is 1. The van der Waals surface area contributed by atoms with Crippen molar-refractivity contribution in [2.45, 2.75) is 6.18 Å². The lowest BCUT2D eigenvalue weighted by atomic mass is 10.1. The molecule has 1 aromatic carbocycles. The number of halogens is 4. The number of pyridine rings is 1. The zero-order valence-electron chi connectivity index (χ0n) is 16.4. The number of hydrogen-bond acceptors (Lipinski definition) is 4. The number of alkyl halides is 3. The molecule has 0 saturated carbocycles. The van der Waals surface area contributed by atoms with Crippen LogP contribution in [0.15, 0.2) is 54.3 Å². The van der Waals surface area contributed by atoms with Crippen LogP contribution in [0.4, 0.5) is 19.0 Å². The van der Waals surface area contributed by atoms with Crippen molar-refractivity contribution >= 4 is 29.4 Å².